The van der Waals surface area contributed by atoms with Gasteiger partial charge < -0.3 is 20.1 Å². The number of amides is 3. The van der Waals surface area contributed by atoms with Crippen molar-refractivity contribution in [3.8, 4) is 0 Å². The highest BCUT2D eigenvalue weighted by molar-refractivity contribution is 5.90. The summed E-state index contributed by atoms with van der Waals surface area (Å²) in [6.07, 6.45) is 1.62. The van der Waals surface area contributed by atoms with Crippen molar-refractivity contribution < 1.29 is 24.2 Å². The first-order chi connectivity index (χ1) is 10.0. The Labute approximate surface area is 123 Å². The van der Waals surface area contributed by atoms with Gasteiger partial charge in [0, 0.05) is 26.2 Å². The summed E-state index contributed by atoms with van der Waals surface area (Å²) in [6, 6.07) is -1.38. The van der Waals surface area contributed by atoms with E-state index in [9.17, 15) is 19.5 Å². The molecule has 2 N–H and O–H groups in total. The summed E-state index contributed by atoms with van der Waals surface area (Å²) in [7, 11) is 0. The molecule has 1 atom stereocenters. The van der Waals surface area contributed by atoms with E-state index >= 15 is 0 Å². The van der Waals surface area contributed by atoms with E-state index in [-0.39, 0.29) is 31.1 Å². The highest BCUT2D eigenvalue weighted by atomic mass is 16.5. The minimum atomic E-state index is -1.10. The lowest BCUT2D eigenvalue weighted by Gasteiger charge is -2.39. The predicted octanol–water partition coefficient (Wildman–Crippen LogP) is -0.508. The molecule has 0 spiro atoms. The normalized spacial score (nSPS) is 23.9. The maximum Gasteiger partial charge on any atom is 0.328 e. The Kier molecular flexibility index (Phi) is 5.00. The molecular formula is C13H21N3O5. The largest absolute Gasteiger partial charge is 0.480 e. The number of carbonyl (C=O) groups is 3. The summed E-state index contributed by atoms with van der Waals surface area (Å²) in [5.41, 5.74) is 0. The van der Waals surface area contributed by atoms with Gasteiger partial charge in [-0.15, -0.1) is 0 Å². The Morgan fingerprint density at radius 1 is 1.38 bits per heavy atom. The molecule has 0 radical (unpaired) electrons. The van der Waals surface area contributed by atoms with Gasteiger partial charge in [-0.05, 0) is 19.8 Å². The Balaban J connectivity index is 1.97. The number of carbonyl (C=O) groups excluding carboxylic acids is 2. The minimum absolute atomic E-state index is 0.0463. The third-order valence-corrected chi connectivity index (χ3v) is 3.83. The molecule has 2 saturated heterocycles. The molecule has 0 saturated carbocycles. The maximum atomic E-state index is 12.4. The number of hydrogen-bond acceptors (Lipinski definition) is 4. The lowest BCUT2D eigenvalue weighted by molar-refractivity contribution is -0.144. The lowest BCUT2D eigenvalue weighted by Crippen LogP contribution is -2.62. The molecule has 118 valence electrons. The number of likely N-dealkylation sites (tertiary alicyclic amines) is 1. The van der Waals surface area contributed by atoms with Crippen molar-refractivity contribution in [1.82, 2.24) is 15.1 Å². The van der Waals surface area contributed by atoms with Gasteiger partial charge in [0.25, 0.3) is 0 Å². The third kappa shape index (κ3) is 3.63. The van der Waals surface area contributed by atoms with Crippen LogP contribution in [0.3, 0.4) is 0 Å². The van der Waals surface area contributed by atoms with Gasteiger partial charge in [0.05, 0.1) is 6.10 Å². The molecule has 0 aromatic heterocycles. The van der Waals surface area contributed by atoms with Crippen molar-refractivity contribution in [3.63, 3.8) is 0 Å². The van der Waals surface area contributed by atoms with Crippen LogP contribution in [-0.4, -0.2) is 77.7 Å². The smallest absolute Gasteiger partial charge is 0.328 e. The van der Waals surface area contributed by atoms with Gasteiger partial charge in [-0.1, -0.05) is 0 Å². The minimum Gasteiger partial charge on any atom is -0.480 e. The Bertz CT molecular complexity index is 420. The second kappa shape index (κ2) is 6.75. The van der Waals surface area contributed by atoms with E-state index in [1.807, 2.05) is 6.92 Å². The number of piperazine rings is 1. The number of rotatable bonds is 3. The summed E-state index contributed by atoms with van der Waals surface area (Å²) < 4.78 is 5.52. The van der Waals surface area contributed by atoms with Crippen molar-refractivity contribution in [3.05, 3.63) is 0 Å². The van der Waals surface area contributed by atoms with Crippen LogP contribution in [0.25, 0.3) is 0 Å². The predicted molar refractivity (Wildman–Crippen MR) is 72.8 cm³/mol. The summed E-state index contributed by atoms with van der Waals surface area (Å²) >= 11 is 0. The Hall–Kier alpha value is -1.83. The number of piperidine rings is 1. The molecule has 1 unspecified atom stereocenters. The van der Waals surface area contributed by atoms with Crippen LogP contribution in [0, 0.1) is 0 Å². The third-order valence-electron chi connectivity index (χ3n) is 3.83. The van der Waals surface area contributed by atoms with Crippen LogP contribution in [0.2, 0.25) is 0 Å². The Morgan fingerprint density at radius 3 is 2.62 bits per heavy atom. The first-order valence-electron chi connectivity index (χ1n) is 7.19. The van der Waals surface area contributed by atoms with Crippen LogP contribution in [0.5, 0.6) is 0 Å². The molecule has 3 amide bonds. The molecular weight excluding hydrogens is 278 g/mol. The molecule has 21 heavy (non-hydrogen) atoms. The van der Waals surface area contributed by atoms with Gasteiger partial charge in [0.2, 0.25) is 5.91 Å². The fraction of sp³-hybridized carbons (Fsp3) is 0.769. The molecule has 2 aliphatic rings. The van der Waals surface area contributed by atoms with Gasteiger partial charge in [0.1, 0.15) is 12.6 Å². The molecule has 0 aliphatic carbocycles. The van der Waals surface area contributed by atoms with Crippen molar-refractivity contribution >= 4 is 17.9 Å². The molecule has 2 aliphatic heterocycles. The zero-order valence-corrected chi connectivity index (χ0v) is 12.1. The number of hydrogen-bond donors (Lipinski definition) is 2. The van der Waals surface area contributed by atoms with Crippen molar-refractivity contribution in [2.75, 3.05) is 32.8 Å². The number of carboxylic acid groups (broad SMARTS) is 1. The van der Waals surface area contributed by atoms with Crippen LogP contribution < -0.4 is 5.32 Å². The number of aliphatic carboxylic acids is 1. The monoisotopic (exact) mass is 299 g/mol. The number of carboxylic acids is 1. The molecule has 8 heteroatoms. The molecule has 2 heterocycles. The molecule has 2 rings (SSSR count). The van der Waals surface area contributed by atoms with Crippen LogP contribution in [-0.2, 0) is 14.3 Å². The average molecular weight is 299 g/mol. The van der Waals surface area contributed by atoms with Crippen molar-refractivity contribution in [2.45, 2.75) is 31.9 Å². The van der Waals surface area contributed by atoms with Gasteiger partial charge in [-0.25, -0.2) is 9.59 Å². The first-order valence-corrected chi connectivity index (χ1v) is 7.19. The molecule has 0 aromatic carbocycles. The van der Waals surface area contributed by atoms with Crippen LogP contribution >= 0.6 is 0 Å². The number of ether oxygens (including phenoxy) is 1. The number of nitrogens with zero attached hydrogens (tertiary/aromatic N) is 2. The zero-order valence-electron chi connectivity index (χ0n) is 12.1. The first kappa shape index (κ1) is 15.6. The molecule has 0 bridgehead atoms. The van der Waals surface area contributed by atoms with E-state index in [1.165, 1.54) is 0 Å². The maximum absolute atomic E-state index is 12.4. The van der Waals surface area contributed by atoms with E-state index < -0.39 is 12.0 Å². The second-order valence-electron chi connectivity index (χ2n) is 5.21. The summed E-state index contributed by atoms with van der Waals surface area (Å²) in [5.74, 6) is -1.43. The van der Waals surface area contributed by atoms with Gasteiger partial charge >= 0.3 is 12.0 Å². The van der Waals surface area contributed by atoms with E-state index in [1.54, 1.807) is 4.90 Å². The average Bonchev–Trinajstić information content (AvgIpc) is 2.47. The molecule has 0 aromatic rings. The van der Waals surface area contributed by atoms with Gasteiger partial charge in [-0.3, -0.25) is 9.69 Å². The van der Waals surface area contributed by atoms with E-state index in [0.717, 1.165) is 17.7 Å². The van der Waals surface area contributed by atoms with Gasteiger partial charge in [0.15, 0.2) is 0 Å². The summed E-state index contributed by atoms with van der Waals surface area (Å²) in [6.45, 7) is 3.37. The number of urea groups is 1. The summed E-state index contributed by atoms with van der Waals surface area (Å²) in [4.78, 5) is 37.8. The second-order valence-corrected chi connectivity index (χ2v) is 5.21. The fourth-order valence-corrected chi connectivity index (χ4v) is 2.69. The number of nitrogens with one attached hydrogen (secondary N) is 1. The van der Waals surface area contributed by atoms with Crippen molar-refractivity contribution in [1.29, 1.82) is 0 Å². The zero-order chi connectivity index (χ0) is 15.4. The van der Waals surface area contributed by atoms with E-state index in [0.29, 0.717) is 19.7 Å². The van der Waals surface area contributed by atoms with Crippen LogP contribution in [0.15, 0.2) is 0 Å². The fourth-order valence-electron chi connectivity index (χ4n) is 2.69. The van der Waals surface area contributed by atoms with E-state index in [4.69, 9.17) is 4.74 Å². The van der Waals surface area contributed by atoms with Crippen LogP contribution in [0.1, 0.15) is 19.8 Å². The Morgan fingerprint density at radius 2 is 2.05 bits per heavy atom. The van der Waals surface area contributed by atoms with Gasteiger partial charge in [-0.2, -0.15) is 0 Å². The standard InChI is InChI=1S/C13H21N3O5/c1-2-21-9-3-5-15(6-4-9)13(20)16-8-11(17)14-7-10(16)12(18)19/h9-10H,2-8H2,1H3,(H,14,17)(H,18,19). The molecule has 8 nitrogen and oxygen atoms in total. The van der Waals surface area contributed by atoms with E-state index in [2.05, 4.69) is 5.32 Å². The lowest BCUT2D eigenvalue weighted by atomic mass is 10.1. The highest BCUT2D eigenvalue weighted by Gasteiger charge is 2.38. The molecule has 2 fully saturated rings. The topological polar surface area (TPSA) is 99.2 Å². The quantitative estimate of drug-likeness (QED) is 0.731. The van der Waals surface area contributed by atoms with Crippen molar-refractivity contribution in [2.24, 2.45) is 0 Å². The van der Waals surface area contributed by atoms with Crippen LogP contribution in [0.4, 0.5) is 4.79 Å². The highest BCUT2D eigenvalue weighted by Crippen LogP contribution is 2.17. The summed E-state index contributed by atoms with van der Waals surface area (Å²) in [5, 5.41) is 11.6. The SMILES string of the molecule is CCOC1CCN(C(=O)N2CC(=O)NCC2C(=O)O)CC1.